The van der Waals surface area contributed by atoms with E-state index in [0.29, 0.717) is 11.8 Å². The highest BCUT2D eigenvalue weighted by Gasteiger charge is 2.19. The Balaban J connectivity index is 2.33. The quantitative estimate of drug-likeness (QED) is 0.803. The summed E-state index contributed by atoms with van der Waals surface area (Å²) in [6.07, 6.45) is 0. The third kappa shape index (κ3) is 2.85. The third-order valence-corrected chi connectivity index (χ3v) is 3.22. The van der Waals surface area contributed by atoms with E-state index in [4.69, 9.17) is 0 Å². The summed E-state index contributed by atoms with van der Waals surface area (Å²) in [7, 11) is 0. The van der Waals surface area contributed by atoms with Crippen LogP contribution >= 0.6 is 15.9 Å². The first kappa shape index (κ1) is 14.6. The lowest BCUT2D eigenvalue weighted by Crippen LogP contribution is -2.15. The van der Waals surface area contributed by atoms with Gasteiger partial charge in [0, 0.05) is 10.2 Å². The maximum absolute atomic E-state index is 13.5. The molecule has 0 bridgehead atoms. The highest BCUT2D eigenvalue weighted by atomic mass is 79.9. The minimum atomic E-state index is -1.66. The molecule has 0 aliphatic carbocycles. The van der Waals surface area contributed by atoms with Gasteiger partial charge < -0.3 is 5.32 Å². The molecule has 0 unspecified atom stereocenters. The van der Waals surface area contributed by atoms with E-state index in [2.05, 4.69) is 21.2 Å². The van der Waals surface area contributed by atoms with E-state index >= 15 is 0 Å². The Labute approximate surface area is 121 Å². The van der Waals surface area contributed by atoms with Crippen molar-refractivity contribution in [1.82, 2.24) is 0 Å². The van der Waals surface area contributed by atoms with E-state index in [1.807, 2.05) is 0 Å². The van der Waals surface area contributed by atoms with Crippen molar-refractivity contribution >= 4 is 27.5 Å². The van der Waals surface area contributed by atoms with E-state index in [1.165, 1.54) is 0 Å². The Hall–Kier alpha value is -1.82. The Kier molecular flexibility index (Phi) is 4.13. The summed E-state index contributed by atoms with van der Waals surface area (Å²) < 4.78 is 40.1. The minimum absolute atomic E-state index is 0.452. The molecule has 0 atom stereocenters. The number of aryl methyl sites for hydroxylation is 1. The van der Waals surface area contributed by atoms with Crippen LogP contribution in [0.4, 0.5) is 18.9 Å². The first-order chi connectivity index (χ1) is 9.40. The van der Waals surface area contributed by atoms with Crippen LogP contribution in [0.25, 0.3) is 0 Å². The van der Waals surface area contributed by atoms with Gasteiger partial charge in [-0.3, -0.25) is 4.79 Å². The summed E-state index contributed by atoms with van der Waals surface area (Å²) in [4.78, 5) is 11.9. The second-order valence-corrected chi connectivity index (χ2v) is 5.05. The fourth-order valence-corrected chi connectivity index (χ4v) is 1.98. The highest BCUT2D eigenvalue weighted by molar-refractivity contribution is 9.10. The van der Waals surface area contributed by atoms with Crippen molar-refractivity contribution in [2.45, 2.75) is 6.92 Å². The van der Waals surface area contributed by atoms with Crippen LogP contribution in [0.1, 0.15) is 15.9 Å². The Morgan fingerprint density at radius 3 is 2.50 bits per heavy atom. The average Bonchev–Trinajstić information content (AvgIpc) is 2.40. The molecule has 0 saturated carbocycles. The number of nitrogens with one attached hydrogen (secondary N) is 1. The number of anilines is 1. The number of rotatable bonds is 2. The van der Waals surface area contributed by atoms with E-state index in [-0.39, 0.29) is 0 Å². The fourth-order valence-electron chi connectivity index (χ4n) is 1.62. The van der Waals surface area contributed by atoms with Crippen LogP contribution in [0.2, 0.25) is 0 Å². The molecule has 0 saturated heterocycles. The summed E-state index contributed by atoms with van der Waals surface area (Å²) >= 11 is 3.24. The van der Waals surface area contributed by atoms with Crippen molar-refractivity contribution in [1.29, 1.82) is 0 Å². The van der Waals surface area contributed by atoms with Gasteiger partial charge in [-0.2, -0.15) is 0 Å². The number of halogens is 4. The van der Waals surface area contributed by atoms with Crippen LogP contribution in [0, 0.1) is 24.4 Å². The maximum Gasteiger partial charge on any atom is 0.258 e. The van der Waals surface area contributed by atoms with Crippen molar-refractivity contribution < 1.29 is 18.0 Å². The largest absolute Gasteiger partial charge is 0.322 e. The van der Waals surface area contributed by atoms with Crippen LogP contribution in [0.15, 0.2) is 34.8 Å². The second-order valence-electron chi connectivity index (χ2n) is 4.14. The van der Waals surface area contributed by atoms with E-state index in [9.17, 15) is 18.0 Å². The van der Waals surface area contributed by atoms with Gasteiger partial charge in [0.1, 0.15) is 0 Å². The van der Waals surface area contributed by atoms with Crippen LogP contribution in [-0.2, 0) is 0 Å². The van der Waals surface area contributed by atoms with E-state index < -0.39 is 28.9 Å². The normalized spacial score (nSPS) is 10.4. The van der Waals surface area contributed by atoms with Crippen LogP contribution in [0.5, 0.6) is 0 Å². The van der Waals surface area contributed by atoms with Gasteiger partial charge >= 0.3 is 0 Å². The maximum atomic E-state index is 13.5. The van der Waals surface area contributed by atoms with Gasteiger partial charge in [0.2, 0.25) is 0 Å². The van der Waals surface area contributed by atoms with Gasteiger partial charge in [-0.05, 0) is 36.8 Å². The molecule has 2 nitrogen and oxygen atoms in total. The summed E-state index contributed by atoms with van der Waals surface area (Å²) in [5.41, 5.74) is 0.654. The number of carbonyl (C=O) groups is 1. The molecule has 1 N–H and O–H groups in total. The van der Waals surface area contributed by atoms with Crippen LogP contribution < -0.4 is 5.32 Å². The van der Waals surface area contributed by atoms with Crippen molar-refractivity contribution in [2.75, 3.05) is 5.32 Å². The number of hydrogen-bond donors (Lipinski definition) is 1. The van der Waals surface area contributed by atoms with Crippen molar-refractivity contribution in [2.24, 2.45) is 0 Å². The van der Waals surface area contributed by atoms with Gasteiger partial charge in [-0.15, -0.1) is 0 Å². The zero-order valence-corrected chi connectivity index (χ0v) is 11.9. The minimum Gasteiger partial charge on any atom is -0.322 e. The Morgan fingerprint density at radius 1 is 1.10 bits per heavy atom. The predicted octanol–water partition coefficient (Wildman–Crippen LogP) is 4.43. The van der Waals surface area contributed by atoms with Gasteiger partial charge in [0.15, 0.2) is 17.5 Å². The third-order valence-electron chi connectivity index (χ3n) is 2.73. The molecule has 6 heteroatoms. The topological polar surface area (TPSA) is 29.1 Å². The molecule has 104 valence electrons. The number of amides is 1. The lowest BCUT2D eigenvalue weighted by Gasteiger charge is -2.10. The molecule has 0 fully saturated rings. The highest BCUT2D eigenvalue weighted by Crippen LogP contribution is 2.22. The molecular formula is C14H9BrF3NO. The average molecular weight is 344 g/mol. The zero-order valence-electron chi connectivity index (χ0n) is 10.3. The monoisotopic (exact) mass is 343 g/mol. The molecular weight excluding hydrogens is 335 g/mol. The van der Waals surface area contributed by atoms with E-state index in [1.54, 1.807) is 25.1 Å². The molecule has 0 aromatic heterocycles. The molecule has 0 radical (unpaired) electrons. The Bertz CT molecular complexity index is 688. The first-order valence-corrected chi connectivity index (χ1v) is 6.40. The van der Waals surface area contributed by atoms with Crippen LogP contribution in [-0.4, -0.2) is 5.91 Å². The summed E-state index contributed by atoms with van der Waals surface area (Å²) in [5, 5.41) is 2.46. The molecule has 0 aliphatic heterocycles. The molecule has 20 heavy (non-hydrogen) atoms. The second kappa shape index (κ2) is 5.66. The van der Waals surface area contributed by atoms with Gasteiger partial charge in [-0.25, -0.2) is 13.2 Å². The Morgan fingerprint density at radius 2 is 1.80 bits per heavy atom. The first-order valence-electron chi connectivity index (χ1n) is 5.61. The van der Waals surface area contributed by atoms with Gasteiger partial charge in [0.05, 0.1) is 5.56 Å². The lowest BCUT2D eigenvalue weighted by atomic mass is 10.1. The molecule has 0 heterocycles. The summed E-state index contributed by atoms with van der Waals surface area (Å²) in [6, 6.07) is 6.77. The molecule has 2 rings (SSSR count). The zero-order chi connectivity index (χ0) is 14.9. The lowest BCUT2D eigenvalue weighted by molar-refractivity contribution is 0.102. The van der Waals surface area contributed by atoms with Gasteiger partial charge in [0.25, 0.3) is 5.91 Å². The SMILES string of the molecule is Cc1ccc(Br)cc1NC(=O)c1ccc(F)c(F)c1F. The smallest absolute Gasteiger partial charge is 0.258 e. The summed E-state index contributed by atoms with van der Waals surface area (Å²) in [6.45, 7) is 1.75. The van der Waals surface area contributed by atoms with E-state index in [0.717, 1.165) is 16.1 Å². The van der Waals surface area contributed by atoms with Crippen molar-refractivity contribution in [3.05, 3.63) is 63.4 Å². The number of benzene rings is 2. The standard InChI is InChI=1S/C14H9BrF3NO/c1-7-2-3-8(15)6-11(7)19-14(20)9-4-5-10(16)13(18)12(9)17/h2-6H,1H3,(H,19,20). The van der Waals surface area contributed by atoms with Gasteiger partial charge in [-0.1, -0.05) is 22.0 Å². The summed E-state index contributed by atoms with van der Waals surface area (Å²) in [5.74, 6) is -5.35. The molecule has 0 spiro atoms. The molecule has 1 amide bonds. The fraction of sp³-hybridized carbons (Fsp3) is 0.0714. The molecule has 2 aromatic rings. The molecule has 0 aliphatic rings. The number of hydrogen-bond acceptors (Lipinski definition) is 1. The van der Waals surface area contributed by atoms with Crippen molar-refractivity contribution in [3.8, 4) is 0 Å². The molecule has 2 aromatic carbocycles. The van der Waals surface area contributed by atoms with Crippen molar-refractivity contribution in [3.63, 3.8) is 0 Å². The predicted molar refractivity (Wildman–Crippen MR) is 73.1 cm³/mol. The number of carbonyl (C=O) groups excluding carboxylic acids is 1. The van der Waals surface area contributed by atoms with Crippen LogP contribution in [0.3, 0.4) is 0 Å².